The molecule has 0 aliphatic carbocycles. The highest BCUT2D eigenvalue weighted by molar-refractivity contribution is 6.34. The van der Waals surface area contributed by atoms with Crippen LogP contribution in [0, 0.1) is 0 Å². The maximum absolute atomic E-state index is 6.32. The van der Waals surface area contributed by atoms with Gasteiger partial charge in [-0.3, -0.25) is 5.32 Å². The molecule has 0 atom stereocenters. The van der Waals surface area contributed by atoms with Crippen molar-refractivity contribution < 1.29 is 0 Å². The molecule has 0 spiro atoms. The van der Waals surface area contributed by atoms with Gasteiger partial charge >= 0.3 is 0 Å². The van der Waals surface area contributed by atoms with E-state index >= 15 is 0 Å². The predicted molar refractivity (Wildman–Crippen MR) is 145 cm³/mol. The lowest BCUT2D eigenvalue weighted by atomic mass is 9.89. The van der Waals surface area contributed by atoms with E-state index in [0.717, 1.165) is 30.3 Å². The molecular weight excluding hydrogens is 418 g/mol. The molecule has 0 saturated carbocycles. The van der Waals surface area contributed by atoms with Crippen LogP contribution in [0.15, 0.2) is 90.5 Å². The molecule has 5 aromatic carbocycles. The zero-order valence-electron chi connectivity index (χ0n) is 19.6. The van der Waals surface area contributed by atoms with Gasteiger partial charge in [-0.05, 0) is 43.8 Å². The van der Waals surface area contributed by atoms with Gasteiger partial charge in [0.05, 0.1) is 23.8 Å². The zero-order chi connectivity index (χ0) is 23.2. The highest BCUT2D eigenvalue weighted by Crippen LogP contribution is 2.43. The summed E-state index contributed by atoms with van der Waals surface area (Å²) in [5.74, 6) is 0. The highest BCUT2D eigenvalue weighted by atomic mass is 15.2. The van der Waals surface area contributed by atoms with Gasteiger partial charge in [0.1, 0.15) is 0 Å². The van der Waals surface area contributed by atoms with Crippen LogP contribution in [0.1, 0.15) is 0 Å². The number of nitrogens with two attached hydrogens (primary N) is 1. The Morgan fingerprint density at radius 2 is 1.50 bits per heavy atom. The van der Waals surface area contributed by atoms with Crippen molar-refractivity contribution >= 4 is 48.8 Å². The minimum absolute atomic E-state index is 0.431. The monoisotopic (exact) mass is 447 g/mol. The molecule has 170 valence electrons. The topological polar surface area (TPSA) is 56.6 Å². The summed E-state index contributed by atoms with van der Waals surface area (Å²) in [6.07, 6.45) is 4.21. The van der Waals surface area contributed by atoms with Gasteiger partial charge in [0.15, 0.2) is 0 Å². The summed E-state index contributed by atoms with van der Waals surface area (Å²) in [5, 5.41) is 17.1. The molecule has 0 unspecified atom stereocenters. The number of rotatable bonds is 5. The summed E-state index contributed by atoms with van der Waals surface area (Å²) in [7, 11) is 4.07. The molecule has 4 N–H and O–H groups in total. The van der Waals surface area contributed by atoms with E-state index in [1.807, 2.05) is 14.1 Å². The van der Waals surface area contributed by atoms with E-state index in [0.29, 0.717) is 6.54 Å². The summed E-state index contributed by atoms with van der Waals surface area (Å²) in [5.41, 5.74) is 9.64. The number of hydrogen-bond donors (Lipinski definition) is 3. The normalized spacial score (nSPS) is 14.7. The van der Waals surface area contributed by atoms with Crippen molar-refractivity contribution in [2.75, 3.05) is 38.8 Å². The Bertz CT molecular complexity index is 1530. The number of benzene rings is 5. The molecule has 6 rings (SSSR count). The second-order valence-electron chi connectivity index (χ2n) is 9.14. The van der Waals surface area contributed by atoms with E-state index in [1.54, 1.807) is 0 Å². The third-order valence-corrected chi connectivity index (χ3v) is 6.74. The third-order valence-electron chi connectivity index (χ3n) is 6.74. The van der Waals surface area contributed by atoms with Crippen LogP contribution in [-0.2, 0) is 0 Å². The summed E-state index contributed by atoms with van der Waals surface area (Å²) >= 11 is 0. The Kier molecular flexibility index (Phi) is 5.01. The quantitative estimate of drug-likeness (QED) is 0.264. The van der Waals surface area contributed by atoms with Crippen LogP contribution in [0.5, 0.6) is 0 Å². The molecule has 0 bridgehead atoms. The molecule has 5 aromatic rings. The van der Waals surface area contributed by atoms with Crippen LogP contribution in [-0.4, -0.2) is 38.8 Å². The SMILES string of the molecule is CN(C)/C=C(\CN)N(C1=CNCNC1)c1ccc2c3cccc4cccc(c5cccc1c52)c43. The van der Waals surface area contributed by atoms with E-state index in [4.69, 9.17) is 5.73 Å². The van der Waals surface area contributed by atoms with E-state index in [9.17, 15) is 0 Å². The van der Waals surface area contributed by atoms with Crippen molar-refractivity contribution in [3.8, 4) is 0 Å². The maximum Gasteiger partial charge on any atom is 0.0651 e. The smallest absolute Gasteiger partial charge is 0.0651 e. The predicted octanol–water partition coefficient (Wildman–Crippen LogP) is 4.90. The standard InChI is InChI=1S/C29H29N5/c1-33(2)17-20(14-30)34(21-15-31-18-32-16-21)27-13-12-25-23-9-4-7-19-6-3-8-22(28(19)23)24-10-5-11-26(27)29(24)25/h3-13,15,17,31-32H,14,16,18,30H2,1-2H3/b20-17+. The number of hydrogen-bond acceptors (Lipinski definition) is 5. The molecule has 0 aromatic heterocycles. The molecule has 1 aliphatic rings. The molecular formula is C29H29N5. The van der Waals surface area contributed by atoms with Crippen molar-refractivity contribution in [1.82, 2.24) is 15.5 Å². The minimum atomic E-state index is 0.431. The van der Waals surface area contributed by atoms with E-state index < -0.39 is 0 Å². The lowest BCUT2D eigenvalue weighted by Crippen LogP contribution is -2.40. The van der Waals surface area contributed by atoms with Gasteiger partial charge in [-0.25, -0.2) is 0 Å². The molecule has 1 heterocycles. The largest absolute Gasteiger partial charge is 0.382 e. The second kappa shape index (κ2) is 8.20. The van der Waals surface area contributed by atoms with Gasteiger partial charge in [0.25, 0.3) is 0 Å². The molecule has 5 nitrogen and oxygen atoms in total. The Labute approximate surface area is 199 Å². The Morgan fingerprint density at radius 1 is 0.853 bits per heavy atom. The van der Waals surface area contributed by atoms with Crippen molar-refractivity contribution in [2.24, 2.45) is 5.73 Å². The summed E-state index contributed by atoms with van der Waals surface area (Å²) in [4.78, 5) is 4.37. The van der Waals surface area contributed by atoms with Gasteiger partial charge in [-0.1, -0.05) is 60.7 Å². The molecule has 0 fully saturated rings. The van der Waals surface area contributed by atoms with Crippen molar-refractivity contribution in [3.05, 3.63) is 90.5 Å². The average molecular weight is 448 g/mol. The Balaban J connectivity index is 1.72. The van der Waals surface area contributed by atoms with Gasteiger partial charge in [0, 0.05) is 45.0 Å². The van der Waals surface area contributed by atoms with E-state index in [2.05, 4.69) is 99.6 Å². The van der Waals surface area contributed by atoms with Crippen molar-refractivity contribution in [2.45, 2.75) is 0 Å². The number of anilines is 1. The van der Waals surface area contributed by atoms with Gasteiger partial charge < -0.3 is 20.9 Å². The molecule has 5 heteroatoms. The van der Waals surface area contributed by atoms with Gasteiger partial charge in [-0.2, -0.15) is 0 Å². The summed E-state index contributed by atoms with van der Waals surface area (Å²) < 4.78 is 0. The van der Waals surface area contributed by atoms with Crippen LogP contribution < -0.4 is 21.3 Å². The lowest BCUT2D eigenvalue weighted by Gasteiger charge is -2.33. The average Bonchev–Trinajstić information content (AvgIpc) is 2.87. The van der Waals surface area contributed by atoms with Gasteiger partial charge in [0.2, 0.25) is 0 Å². The minimum Gasteiger partial charge on any atom is -0.382 e. The van der Waals surface area contributed by atoms with Crippen molar-refractivity contribution in [3.63, 3.8) is 0 Å². The fourth-order valence-electron chi connectivity index (χ4n) is 5.44. The van der Waals surface area contributed by atoms with Crippen LogP contribution in [0.25, 0.3) is 43.1 Å². The number of nitrogens with zero attached hydrogens (tertiary/aromatic N) is 2. The first-order valence-corrected chi connectivity index (χ1v) is 11.8. The number of fused-ring (bicyclic) bond motifs is 2. The first kappa shape index (κ1) is 20.8. The fraction of sp³-hybridized carbons (Fsp3) is 0.172. The Hall–Kier alpha value is -3.80. The van der Waals surface area contributed by atoms with Crippen LogP contribution >= 0.6 is 0 Å². The fourth-order valence-corrected chi connectivity index (χ4v) is 5.44. The van der Waals surface area contributed by atoms with Gasteiger partial charge in [-0.15, -0.1) is 0 Å². The first-order valence-electron chi connectivity index (χ1n) is 11.8. The van der Waals surface area contributed by atoms with Crippen LogP contribution in [0.4, 0.5) is 5.69 Å². The van der Waals surface area contributed by atoms with E-state index in [-0.39, 0.29) is 0 Å². The molecule has 0 radical (unpaired) electrons. The lowest BCUT2D eigenvalue weighted by molar-refractivity contribution is 0.553. The zero-order valence-corrected chi connectivity index (χ0v) is 19.6. The molecule has 34 heavy (non-hydrogen) atoms. The van der Waals surface area contributed by atoms with Crippen molar-refractivity contribution in [1.29, 1.82) is 0 Å². The van der Waals surface area contributed by atoms with E-state index in [1.165, 1.54) is 43.1 Å². The molecule has 0 amide bonds. The highest BCUT2D eigenvalue weighted by Gasteiger charge is 2.22. The first-order chi connectivity index (χ1) is 16.7. The second-order valence-corrected chi connectivity index (χ2v) is 9.14. The maximum atomic E-state index is 6.32. The summed E-state index contributed by atoms with van der Waals surface area (Å²) in [6.45, 7) is 1.96. The number of nitrogens with one attached hydrogen (secondary N) is 2. The molecule has 0 saturated heterocycles. The Morgan fingerprint density at radius 3 is 2.15 bits per heavy atom. The van der Waals surface area contributed by atoms with Crippen LogP contribution in [0.3, 0.4) is 0 Å². The molecule has 1 aliphatic heterocycles. The third kappa shape index (κ3) is 3.16. The van der Waals surface area contributed by atoms with Crippen LogP contribution in [0.2, 0.25) is 0 Å². The summed E-state index contributed by atoms with van der Waals surface area (Å²) in [6, 6.07) is 24.5.